The van der Waals surface area contributed by atoms with Gasteiger partial charge in [-0.2, -0.15) is 0 Å². The molecule has 0 aliphatic heterocycles. The minimum atomic E-state index is -0.434. The molecule has 19 heavy (non-hydrogen) atoms. The van der Waals surface area contributed by atoms with Gasteiger partial charge in [0.15, 0.2) is 0 Å². The summed E-state index contributed by atoms with van der Waals surface area (Å²) in [6.07, 6.45) is 3.99. The average Bonchev–Trinajstić information content (AvgIpc) is 2.24. The highest BCUT2D eigenvalue weighted by Crippen LogP contribution is 2.19. The largest absolute Gasteiger partial charge is 0.444 e. The van der Waals surface area contributed by atoms with Crippen LogP contribution in [0.2, 0.25) is 0 Å². The minimum Gasteiger partial charge on any atom is -0.444 e. The summed E-state index contributed by atoms with van der Waals surface area (Å²) in [7, 11) is 0. The third-order valence-corrected chi connectivity index (χ3v) is 3.09. The van der Waals surface area contributed by atoms with Gasteiger partial charge in [-0.3, -0.25) is 0 Å². The van der Waals surface area contributed by atoms with Crippen LogP contribution in [0, 0.1) is 0 Å². The van der Waals surface area contributed by atoms with E-state index >= 15 is 0 Å². The average molecular weight is 268 g/mol. The molecule has 1 aliphatic carbocycles. The van der Waals surface area contributed by atoms with Crippen LogP contribution < -0.4 is 10.6 Å². The lowest BCUT2D eigenvalue weighted by atomic mass is 9.91. The summed E-state index contributed by atoms with van der Waals surface area (Å²) in [5.74, 6) is 0. The summed E-state index contributed by atoms with van der Waals surface area (Å²) in [4.78, 5) is 11.7. The van der Waals surface area contributed by atoms with Crippen LogP contribution in [0.15, 0.2) is 12.2 Å². The summed E-state index contributed by atoms with van der Waals surface area (Å²) < 4.78 is 5.29. The number of carbonyl (C=O) groups is 1. The third kappa shape index (κ3) is 7.21. The second-order valence-electron chi connectivity index (χ2n) is 6.54. The summed E-state index contributed by atoms with van der Waals surface area (Å²) in [5.41, 5.74) is 0.707. The van der Waals surface area contributed by atoms with Crippen LogP contribution in [0.25, 0.3) is 0 Å². The van der Waals surface area contributed by atoms with Crippen LogP contribution in [0.5, 0.6) is 0 Å². The Bertz CT molecular complexity index is 321. The second kappa shape index (κ2) is 6.94. The predicted molar refractivity (Wildman–Crippen MR) is 78.2 cm³/mol. The van der Waals surface area contributed by atoms with Gasteiger partial charge in [0.2, 0.25) is 0 Å². The summed E-state index contributed by atoms with van der Waals surface area (Å²) in [5, 5.41) is 6.45. The van der Waals surface area contributed by atoms with Gasteiger partial charge < -0.3 is 15.4 Å². The van der Waals surface area contributed by atoms with Crippen LogP contribution in [0.3, 0.4) is 0 Å². The number of amides is 1. The first kappa shape index (κ1) is 16.0. The monoisotopic (exact) mass is 268 g/mol. The van der Waals surface area contributed by atoms with Gasteiger partial charge >= 0.3 is 6.09 Å². The molecule has 1 saturated carbocycles. The van der Waals surface area contributed by atoms with E-state index in [1.54, 1.807) is 0 Å². The lowest BCUT2D eigenvalue weighted by Gasteiger charge is -2.31. The maximum atomic E-state index is 11.7. The van der Waals surface area contributed by atoms with E-state index in [0.717, 1.165) is 31.4 Å². The van der Waals surface area contributed by atoms with E-state index in [1.807, 2.05) is 27.7 Å². The Labute approximate surface area is 117 Å². The maximum absolute atomic E-state index is 11.7. The number of alkyl carbamates (subject to hydrolysis) is 1. The first-order chi connectivity index (χ1) is 8.76. The van der Waals surface area contributed by atoms with Crippen molar-refractivity contribution in [1.82, 2.24) is 10.6 Å². The molecule has 0 bridgehead atoms. The Morgan fingerprint density at radius 3 is 2.53 bits per heavy atom. The predicted octanol–water partition coefficient (Wildman–Crippen LogP) is 2.99. The molecule has 0 aromatic rings. The van der Waals surface area contributed by atoms with Crippen molar-refractivity contribution in [2.45, 2.75) is 71.1 Å². The molecule has 1 rings (SSSR count). The highest BCUT2D eigenvalue weighted by atomic mass is 16.6. The van der Waals surface area contributed by atoms with Gasteiger partial charge in [0.1, 0.15) is 5.60 Å². The standard InChI is InChI=1S/C15H28N2O2/c1-11(2)10-16-12-7-6-8-13(9-12)17-14(18)19-15(3,4)5/h12-13,16H,1,6-10H2,2-5H3,(H,17,18). The molecule has 1 amide bonds. The molecule has 4 nitrogen and oxygen atoms in total. The van der Waals surface area contributed by atoms with E-state index in [4.69, 9.17) is 4.74 Å². The molecule has 110 valence electrons. The molecule has 2 N–H and O–H groups in total. The quantitative estimate of drug-likeness (QED) is 0.771. The number of nitrogens with one attached hydrogen (secondary N) is 2. The molecule has 0 spiro atoms. The van der Waals surface area contributed by atoms with Crippen LogP contribution in [0.4, 0.5) is 4.79 Å². The van der Waals surface area contributed by atoms with Crippen molar-refractivity contribution < 1.29 is 9.53 Å². The Morgan fingerprint density at radius 1 is 1.32 bits per heavy atom. The van der Waals surface area contributed by atoms with E-state index in [1.165, 1.54) is 6.42 Å². The van der Waals surface area contributed by atoms with Crippen LogP contribution in [-0.2, 0) is 4.74 Å². The lowest BCUT2D eigenvalue weighted by molar-refractivity contribution is 0.0489. The van der Waals surface area contributed by atoms with Gasteiger partial charge in [-0.1, -0.05) is 12.2 Å². The topological polar surface area (TPSA) is 50.4 Å². The zero-order valence-electron chi connectivity index (χ0n) is 12.7. The number of hydrogen-bond acceptors (Lipinski definition) is 3. The highest BCUT2D eigenvalue weighted by Gasteiger charge is 2.25. The van der Waals surface area contributed by atoms with Crippen molar-refractivity contribution in [2.24, 2.45) is 0 Å². The first-order valence-electron chi connectivity index (χ1n) is 7.13. The van der Waals surface area contributed by atoms with Crippen molar-refractivity contribution in [3.05, 3.63) is 12.2 Å². The summed E-state index contributed by atoms with van der Waals surface area (Å²) >= 11 is 0. The van der Waals surface area contributed by atoms with Gasteiger partial charge in [-0.15, -0.1) is 0 Å². The molecule has 0 aromatic carbocycles. The Kier molecular flexibility index (Phi) is 5.85. The summed E-state index contributed by atoms with van der Waals surface area (Å²) in [6, 6.07) is 0.677. The normalized spacial score (nSPS) is 23.8. The Morgan fingerprint density at radius 2 is 1.95 bits per heavy atom. The first-order valence-corrected chi connectivity index (χ1v) is 7.13. The van der Waals surface area contributed by atoms with Gasteiger partial charge in [-0.05, 0) is 53.4 Å². The molecule has 2 atom stereocenters. The van der Waals surface area contributed by atoms with E-state index in [9.17, 15) is 4.79 Å². The van der Waals surface area contributed by atoms with E-state index in [-0.39, 0.29) is 12.1 Å². The van der Waals surface area contributed by atoms with Crippen molar-refractivity contribution in [3.63, 3.8) is 0 Å². The molecule has 1 fully saturated rings. The van der Waals surface area contributed by atoms with Crippen molar-refractivity contribution in [3.8, 4) is 0 Å². The van der Waals surface area contributed by atoms with Gasteiger partial charge in [0.25, 0.3) is 0 Å². The van der Waals surface area contributed by atoms with E-state index < -0.39 is 5.60 Å². The van der Waals surface area contributed by atoms with Crippen LogP contribution in [0.1, 0.15) is 53.4 Å². The zero-order chi connectivity index (χ0) is 14.5. The zero-order valence-corrected chi connectivity index (χ0v) is 12.7. The molecule has 0 heterocycles. The van der Waals surface area contributed by atoms with Gasteiger partial charge in [-0.25, -0.2) is 4.79 Å². The Balaban J connectivity index is 2.34. The maximum Gasteiger partial charge on any atom is 0.407 e. The number of hydrogen-bond donors (Lipinski definition) is 2. The lowest BCUT2D eigenvalue weighted by Crippen LogP contribution is -2.45. The fourth-order valence-electron chi connectivity index (χ4n) is 2.30. The molecule has 4 heteroatoms. The minimum absolute atomic E-state index is 0.214. The van der Waals surface area contributed by atoms with Crippen LogP contribution >= 0.6 is 0 Å². The molecular weight excluding hydrogens is 240 g/mol. The number of ether oxygens (including phenoxy) is 1. The molecule has 2 unspecified atom stereocenters. The van der Waals surface area contributed by atoms with Crippen molar-refractivity contribution in [1.29, 1.82) is 0 Å². The smallest absolute Gasteiger partial charge is 0.407 e. The number of rotatable bonds is 4. The SMILES string of the molecule is C=C(C)CNC1CCCC(NC(=O)OC(C)(C)C)C1. The van der Waals surface area contributed by atoms with Crippen molar-refractivity contribution in [2.75, 3.05) is 6.54 Å². The molecular formula is C15H28N2O2. The number of carbonyl (C=O) groups excluding carboxylic acids is 1. The fourth-order valence-corrected chi connectivity index (χ4v) is 2.30. The van der Waals surface area contributed by atoms with Crippen molar-refractivity contribution >= 4 is 6.09 Å². The summed E-state index contributed by atoms with van der Waals surface area (Å²) in [6.45, 7) is 12.4. The second-order valence-corrected chi connectivity index (χ2v) is 6.54. The fraction of sp³-hybridized carbons (Fsp3) is 0.800. The molecule has 0 radical (unpaired) electrons. The van der Waals surface area contributed by atoms with Crippen LogP contribution in [-0.4, -0.2) is 30.3 Å². The van der Waals surface area contributed by atoms with Gasteiger partial charge in [0.05, 0.1) is 0 Å². The van der Waals surface area contributed by atoms with Gasteiger partial charge in [0, 0.05) is 18.6 Å². The van der Waals surface area contributed by atoms with E-state index in [0.29, 0.717) is 6.04 Å². The third-order valence-electron chi connectivity index (χ3n) is 3.09. The highest BCUT2D eigenvalue weighted by molar-refractivity contribution is 5.68. The molecule has 0 saturated heterocycles. The molecule has 1 aliphatic rings. The molecule has 0 aromatic heterocycles. The van der Waals surface area contributed by atoms with E-state index in [2.05, 4.69) is 17.2 Å². The Hall–Kier alpha value is -1.03.